The highest BCUT2D eigenvalue weighted by Gasteiger charge is 2.36. The van der Waals surface area contributed by atoms with Gasteiger partial charge >= 0.3 is 0 Å². The Bertz CT molecular complexity index is 1200. The molecule has 5 nitrogen and oxygen atoms in total. The van der Waals surface area contributed by atoms with Crippen LogP contribution in [0.1, 0.15) is 56.0 Å². The zero-order valence-electron chi connectivity index (χ0n) is 19.2. The van der Waals surface area contributed by atoms with Crippen LogP contribution in [0.4, 0.5) is 11.4 Å². The van der Waals surface area contributed by atoms with Crippen LogP contribution in [0.5, 0.6) is 0 Å². The number of hydrogen-bond donors (Lipinski definition) is 0. The minimum absolute atomic E-state index is 0.0989. The van der Waals surface area contributed by atoms with Gasteiger partial charge in [0.05, 0.1) is 22.3 Å². The van der Waals surface area contributed by atoms with Gasteiger partial charge in [-0.25, -0.2) is 0 Å². The minimum atomic E-state index is 0.0989. The lowest BCUT2D eigenvalue weighted by atomic mass is 9.85. The monoisotopic (exact) mass is 429 g/mol. The molecule has 2 aromatic carbocycles. The van der Waals surface area contributed by atoms with Gasteiger partial charge in [-0.1, -0.05) is 50.2 Å². The van der Waals surface area contributed by atoms with Gasteiger partial charge < -0.3 is 14.3 Å². The highest BCUT2D eigenvalue weighted by atomic mass is 16.5. The molecule has 6 rings (SSSR count). The summed E-state index contributed by atoms with van der Waals surface area (Å²) in [4.78, 5) is 18.7. The average molecular weight is 430 g/mol. The van der Waals surface area contributed by atoms with Crippen molar-refractivity contribution in [3.8, 4) is 11.3 Å². The summed E-state index contributed by atoms with van der Waals surface area (Å²) in [5.41, 5.74) is 5.40. The molecule has 0 saturated carbocycles. The lowest BCUT2D eigenvalue weighted by Gasteiger charge is -2.38. The van der Waals surface area contributed by atoms with Crippen LogP contribution >= 0.6 is 0 Å². The van der Waals surface area contributed by atoms with Crippen LogP contribution in [0.15, 0.2) is 34.9 Å². The Labute approximate surface area is 189 Å². The second-order valence-corrected chi connectivity index (χ2v) is 10.4. The van der Waals surface area contributed by atoms with Gasteiger partial charge in [0.1, 0.15) is 5.52 Å². The van der Waals surface area contributed by atoms with E-state index < -0.39 is 0 Å². The number of hydrogen-bond acceptors (Lipinski definition) is 5. The van der Waals surface area contributed by atoms with E-state index in [9.17, 15) is 4.79 Å². The topological polar surface area (TPSA) is 49.6 Å². The molecule has 166 valence electrons. The van der Waals surface area contributed by atoms with E-state index in [1.807, 2.05) is 24.3 Å². The second kappa shape index (κ2) is 7.36. The van der Waals surface area contributed by atoms with Crippen molar-refractivity contribution in [3.63, 3.8) is 0 Å². The minimum Gasteiger partial charge on any atom is -0.371 e. The average Bonchev–Trinajstić information content (AvgIpc) is 3.22. The predicted molar refractivity (Wildman–Crippen MR) is 129 cm³/mol. The van der Waals surface area contributed by atoms with Crippen molar-refractivity contribution in [2.24, 2.45) is 17.8 Å². The Hall–Kier alpha value is -2.82. The molecule has 1 aliphatic carbocycles. The van der Waals surface area contributed by atoms with Crippen molar-refractivity contribution >= 4 is 28.1 Å². The molecule has 2 fully saturated rings. The van der Waals surface area contributed by atoms with E-state index in [-0.39, 0.29) is 5.78 Å². The summed E-state index contributed by atoms with van der Waals surface area (Å²) >= 11 is 0. The molecule has 2 atom stereocenters. The summed E-state index contributed by atoms with van der Waals surface area (Å²) in [7, 11) is 0. The standard InChI is InChI=1S/C27H31N3O2/c1-16-8-10-29(11-9-16)21-13-22(30-14-17(2)12-18(3)15-30)25-24-23(21)26(31)19-6-4-5-7-20(19)27(24)32-28-25/h4-7,13,16-18H,8-12,14-15H2,1-3H3/t17-,18+. The number of piperidine rings is 2. The molecule has 2 saturated heterocycles. The quantitative estimate of drug-likeness (QED) is 0.406. The van der Waals surface area contributed by atoms with E-state index >= 15 is 0 Å². The van der Waals surface area contributed by atoms with Crippen LogP contribution in [0.25, 0.3) is 22.2 Å². The molecule has 3 aliphatic rings. The lowest BCUT2D eigenvalue weighted by molar-refractivity contribution is 0.104. The zero-order chi connectivity index (χ0) is 22.0. The first-order chi connectivity index (χ1) is 15.5. The molecule has 3 aromatic rings. The van der Waals surface area contributed by atoms with Gasteiger partial charge in [0.15, 0.2) is 11.5 Å². The highest BCUT2D eigenvalue weighted by molar-refractivity contribution is 6.28. The molecule has 2 aliphatic heterocycles. The Kier molecular flexibility index (Phi) is 4.56. The molecule has 3 heterocycles. The summed E-state index contributed by atoms with van der Waals surface area (Å²) in [5.74, 6) is 2.85. The van der Waals surface area contributed by atoms with Crippen molar-refractivity contribution in [2.75, 3.05) is 36.0 Å². The van der Waals surface area contributed by atoms with Gasteiger partial charge in [-0.05, 0) is 43.1 Å². The van der Waals surface area contributed by atoms with Crippen LogP contribution in [0.3, 0.4) is 0 Å². The molecule has 1 aromatic heterocycles. The van der Waals surface area contributed by atoms with Gasteiger partial charge in [0, 0.05) is 37.3 Å². The number of ketones is 1. The maximum Gasteiger partial charge on any atom is 0.196 e. The van der Waals surface area contributed by atoms with E-state index in [4.69, 9.17) is 4.52 Å². The first kappa shape index (κ1) is 19.8. The lowest BCUT2D eigenvalue weighted by Crippen LogP contribution is -2.39. The fraction of sp³-hybridized carbons (Fsp3) is 0.481. The molecule has 0 amide bonds. The van der Waals surface area contributed by atoms with Crippen LogP contribution < -0.4 is 9.80 Å². The smallest absolute Gasteiger partial charge is 0.196 e. The normalized spacial score (nSPS) is 23.7. The Morgan fingerprint density at radius 1 is 0.906 bits per heavy atom. The van der Waals surface area contributed by atoms with Crippen molar-refractivity contribution in [1.29, 1.82) is 0 Å². The molecule has 0 radical (unpaired) electrons. The summed E-state index contributed by atoms with van der Waals surface area (Å²) in [5, 5.41) is 5.47. The summed E-state index contributed by atoms with van der Waals surface area (Å²) in [6, 6.07) is 10.0. The zero-order valence-corrected chi connectivity index (χ0v) is 19.2. The van der Waals surface area contributed by atoms with Crippen molar-refractivity contribution in [2.45, 2.75) is 40.0 Å². The van der Waals surface area contributed by atoms with E-state index in [0.717, 1.165) is 89.7 Å². The molecule has 0 spiro atoms. The number of aromatic nitrogens is 1. The first-order valence-electron chi connectivity index (χ1n) is 12.1. The predicted octanol–water partition coefficient (Wildman–Crippen LogP) is 5.76. The third-order valence-corrected chi connectivity index (χ3v) is 7.69. The van der Waals surface area contributed by atoms with Crippen LogP contribution in [-0.2, 0) is 0 Å². The fourth-order valence-electron chi connectivity index (χ4n) is 6.12. The number of rotatable bonds is 2. The van der Waals surface area contributed by atoms with Gasteiger partial charge in [0.25, 0.3) is 0 Å². The molecule has 0 unspecified atom stereocenters. The Balaban J connectivity index is 1.60. The molecule has 5 heteroatoms. The first-order valence-corrected chi connectivity index (χ1v) is 12.1. The number of anilines is 2. The van der Waals surface area contributed by atoms with Gasteiger partial charge in [-0.3, -0.25) is 4.79 Å². The van der Waals surface area contributed by atoms with Gasteiger partial charge in [0.2, 0.25) is 0 Å². The molecular formula is C27H31N3O2. The number of carbonyl (C=O) groups excluding carboxylic acids is 1. The molecule has 0 N–H and O–H groups in total. The summed E-state index contributed by atoms with van der Waals surface area (Å²) in [6.45, 7) is 11.0. The van der Waals surface area contributed by atoms with E-state index in [0.29, 0.717) is 11.8 Å². The maximum atomic E-state index is 13.8. The summed E-state index contributed by atoms with van der Waals surface area (Å²) < 4.78 is 5.97. The fourth-order valence-corrected chi connectivity index (χ4v) is 6.12. The van der Waals surface area contributed by atoms with Crippen LogP contribution in [0.2, 0.25) is 0 Å². The largest absolute Gasteiger partial charge is 0.371 e. The van der Waals surface area contributed by atoms with Gasteiger partial charge in [-0.15, -0.1) is 0 Å². The highest BCUT2D eigenvalue weighted by Crippen LogP contribution is 2.47. The molecule has 0 bridgehead atoms. The van der Waals surface area contributed by atoms with Crippen molar-refractivity contribution in [1.82, 2.24) is 5.16 Å². The second-order valence-electron chi connectivity index (χ2n) is 10.4. The van der Waals surface area contributed by atoms with Crippen molar-refractivity contribution in [3.05, 3.63) is 41.5 Å². The van der Waals surface area contributed by atoms with Crippen molar-refractivity contribution < 1.29 is 9.32 Å². The Morgan fingerprint density at radius 3 is 2.31 bits per heavy atom. The van der Waals surface area contributed by atoms with Gasteiger partial charge in [-0.2, -0.15) is 0 Å². The number of carbonyl (C=O) groups is 1. The van der Waals surface area contributed by atoms with E-state index in [1.165, 1.54) is 6.42 Å². The SMILES string of the molecule is CC1CCN(c2cc(N3C[C@H](C)C[C@H](C)C3)c3noc4c3c2C(=O)c2ccccc2-4)CC1. The van der Waals surface area contributed by atoms with E-state index in [2.05, 4.69) is 41.8 Å². The number of nitrogens with zero attached hydrogens (tertiary/aromatic N) is 3. The summed E-state index contributed by atoms with van der Waals surface area (Å²) in [6.07, 6.45) is 3.57. The Morgan fingerprint density at radius 2 is 1.59 bits per heavy atom. The third-order valence-electron chi connectivity index (χ3n) is 7.69. The third kappa shape index (κ3) is 2.97. The molecular weight excluding hydrogens is 398 g/mol. The van der Waals surface area contributed by atoms with Crippen LogP contribution in [-0.4, -0.2) is 37.1 Å². The molecule has 32 heavy (non-hydrogen) atoms. The van der Waals surface area contributed by atoms with Crippen LogP contribution in [0, 0.1) is 17.8 Å². The van der Waals surface area contributed by atoms with E-state index in [1.54, 1.807) is 0 Å². The number of fused-ring (bicyclic) bond motifs is 2. The number of benzene rings is 2. The maximum absolute atomic E-state index is 13.8.